The van der Waals surface area contributed by atoms with Crippen molar-refractivity contribution in [1.82, 2.24) is 15.3 Å². The third kappa shape index (κ3) is 5.01. The van der Waals surface area contributed by atoms with E-state index in [1.54, 1.807) is 18.3 Å². The zero-order valence-corrected chi connectivity index (χ0v) is 16.2. The number of hydrogen-bond donors (Lipinski definition) is 2. The Morgan fingerprint density at radius 3 is 2.67 bits per heavy atom. The molecule has 4 rings (SSSR count). The van der Waals surface area contributed by atoms with Crippen molar-refractivity contribution in [2.45, 2.75) is 13.3 Å². The van der Waals surface area contributed by atoms with Crippen molar-refractivity contribution >= 4 is 17.5 Å². The molecule has 0 unspecified atom stereocenters. The Morgan fingerprint density at radius 2 is 1.93 bits per heavy atom. The quantitative estimate of drug-likeness (QED) is 0.645. The van der Waals surface area contributed by atoms with Crippen molar-refractivity contribution in [2.24, 2.45) is 0 Å². The summed E-state index contributed by atoms with van der Waals surface area (Å²) in [6.45, 7) is 4.99. The summed E-state index contributed by atoms with van der Waals surface area (Å²) in [6, 6.07) is 8.23. The number of alkyl halides is 3. The molecule has 0 spiro atoms. The summed E-state index contributed by atoms with van der Waals surface area (Å²) in [4.78, 5) is 10.4. The van der Waals surface area contributed by atoms with Crippen LogP contribution < -0.4 is 20.3 Å². The number of anilines is 3. The van der Waals surface area contributed by atoms with E-state index in [2.05, 4.69) is 25.3 Å². The molecule has 1 aliphatic rings. The molecule has 3 aromatic rings. The number of benzene rings is 1. The molecule has 7 nitrogen and oxygen atoms in total. The van der Waals surface area contributed by atoms with Crippen LogP contribution in [0, 0.1) is 6.92 Å². The molecular formula is C20H20F3N5O2. The lowest BCUT2D eigenvalue weighted by Gasteiger charge is -2.25. The van der Waals surface area contributed by atoms with Gasteiger partial charge in [0.1, 0.15) is 11.6 Å². The standard InChI is InChI=1S/C20H20F3N5O2/c1-13-2-3-25-18(8-13)27-15-9-14(10-16(11-15)30-20(21,22)23)17-12-26-19(29-17)28-6-4-24-5-7-28/h2-3,8-12,24H,4-7H2,1H3,(H,25,27). The summed E-state index contributed by atoms with van der Waals surface area (Å²) in [5.74, 6) is 0.482. The third-order valence-corrected chi connectivity index (χ3v) is 4.49. The first-order valence-electron chi connectivity index (χ1n) is 9.38. The highest BCUT2D eigenvalue weighted by molar-refractivity contribution is 5.70. The fourth-order valence-corrected chi connectivity index (χ4v) is 3.16. The molecule has 2 aromatic heterocycles. The van der Waals surface area contributed by atoms with Crippen LogP contribution in [0.2, 0.25) is 0 Å². The molecule has 30 heavy (non-hydrogen) atoms. The van der Waals surface area contributed by atoms with Crippen LogP contribution >= 0.6 is 0 Å². The van der Waals surface area contributed by atoms with E-state index in [4.69, 9.17) is 4.42 Å². The van der Waals surface area contributed by atoms with Gasteiger partial charge in [-0.25, -0.2) is 9.97 Å². The Kier molecular flexibility index (Phi) is 5.49. The maximum atomic E-state index is 12.8. The molecule has 0 saturated carbocycles. The van der Waals surface area contributed by atoms with Crippen molar-refractivity contribution < 1.29 is 22.3 Å². The molecule has 1 fully saturated rings. The second kappa shape index (κ2) is 8.23. The van der Waals surface area contributed by atoms with Gasteiger partial charge in [0, 0.05) is 49.7 Å². The van der Waals surface area contributed by atoms with Crippen LogP contribution in [0.5, 0.6) is 5.75 Å². The summed E-state index contributed by atoms with van der Waals surface area (Å²) < 4.78 is 48.5. The number of nitrogens with zero attached hydrogens (tertiary/aromatic N) is 3. The van der Waals surface area contributed by atoms with Crippen molar-refractivity contribution in [3.05, 3.63) is 48.3 Å². The molecule has 0 atom stereocenters. The smallest absolute Gasteiger partial charge is 0.423 e. The monoisotopic (exact) mass is 419 g/mol. The van der Waals surface area contributed by atoms with Crippen LogP contribution in [0.25, 0.3) is 11.3 Å². The zero-order valence-electron chi connectivity index (χ0n) is 16.2. The van der Waals surface area contributed by atoms with E-state index in [0.717, 1.165) is 31.7 Å². The van der Waals surface area contributed by atoms with Crippen LogP contribution in [0.3, 0.4) is 0 Å². The lowest BCUT2D eigenvalue weighted by atomic mass is 10.1. The molecule has 0 bridgehead atoms. The minimum Gasteiger partial charge on any atom is -0.423 e. The number of oxazole rings is 1. The number of rotatable bonds is 5. The molecule has 0 amide bonds. The molecule has 2 N–H and O–H groups in total. The summed E-state index contributed by atoms with van der Waals surface area (Å²) in [7, 11) is 0. The van der Waals surface area contributed by atoms with Gasteiger partial charge in [0.15, 0.2) is 5.76 Å². The van der Waals surface area contributed by atoms with Crippen LogP contribution in [-0.2, 0) is 0 Å². The Balaban J connectivity index is 1.66. The second-order valence-electron chi connectivity index (χ2n) is 6.88. The maximum Gasteiger partial charge on any atom is 0.573 e. The molecule has 1 saturated heterocycles. The van der Waals surface area contributed by atoms with Crippen molar-refractivity contribution in [1.29, 1.82) is 0 Å². The van der Waals surface area contributed by atoms with E-state index in [1.807, 2.05) is 17.9 Å². The van der Waals surface area contributed by atoms with Crippen LogP contribution in [0.1, 0.15) is 5.56 Å². The Hall–Kier alpha value is -3.27. The Labute approximate surface area is 170 Å². The number of nitrogens with one attached hydrogen (secondary N) is 2. The van der Waals surface area contributed by atoms with E-state index in [1.165, 1.54) is 18.3 Å². The number of ether oxygens (including phenoxy) is 1. The SMILES string of the molecule is Cc1ccnc(Nc2cc(OC(F)(F)F)cc(-c3cnc(N4CCNCC4)o3)c2)c1. The highest BCUT2D eigenvalue weighted by Gasteiger charge is 2.31. The summed E-state index contributed by atoms with van der Waals surface area (Å²) in [5.41, 5.74) is 1.75. The van der Waals surface area contributed by atoms with Crippen molar-refractivity contribution in [3.8, 4) is 17.1 Å². The third-order valence-electron chi connectivity index (χ3n) is 4.49. The highest BCUT2D eigenvalue weighted by atomic mass is 19.4. The first-order valence-corrected chi connectivity index (χ1v) is 9.38. The summed E-state index contributed by atoms with van der Waals surface area (Å²) in [6.07, 6.45) is -1.70. The molecule has 158 valence electrons. The van der Waals surface area contributed by atoms with Crippen LogP contribution in [0.15, 0.2) is 47.1 Å². The second-order valence-corrected chi connectivity index (χ2v) is 6.88. The van der Waals surface area contributed by atoms with Crippen molar-refractivity contribution in [2.75, 3.05) is 36.4 Å². The van der Waals surface area contributed by atoms with Gasteiger partial charge in [-0.3, -0.25) is 0 Å². The van der Waals surface area contributed by atoms with E-state index in [9.17, 15) is 13.2 Å². The van der Waals surface area contributed by atoms with E-state index in [0.29, 0.717) is 28.8 Å². The van der Waals surface area contributed by atoms with Crippen LogP contribution in [-0.4, -0.2) is 42.5 Å². The first-order chi connectivity index (χ1) is 14.4. The molecule has 10 heteroatoms. The number of aryl methyl sites for hydroxylation is 1. The molecular weight excluding hydrogens is 399 g/mol. The van der Waals surface area contributed by atoms with Gasteiger partial charge in [-0.1, -0.05) is 0 Å². The van der Waals surface area contributed by atoms with Gasteiger partial charge in [0.25, 0.3) is 6.01 Å². The van der Waals surface area contributed by atoms with Gasteiger partial charge >= 0.3 is 6.36 Å². The van der Waals surface area contributed by atoms with E-state index in [-0.39, 0.29) is 5.75 Å². The Morgan fingerprint density at radius 1 is 1.13 bits per heavy atom. The van der Waals surface area contributed by atoms with Gasteiger partial charge in [-0.15, -0.1) is 13.2 Å². The fraction of sp³-hybridized carbons (Fsp3) is 0.300. The summed E-state index contributed by atoms with van der Waals surface area (Å²) in [5, 5.41) is 6.25. The van der Waals surface area contributed by atoms with Gasteiger partial charge in [-0.2, -0.15) is 0 Å². The van der Waals surface area contributed by atoms with Crippen LogP contribution in [0.4, 0.5) is 30.7 Å². The molecule has 0 aliphatic carbocycles. The number of pyridine rings is 1. The summed E-state index contributed by atoms with van der Waals surface area (Å²) >= 11 is 0. The average Bonchev–Trinajstić information content (AvgIpc) is 3.17. The largest absolute Gasteiger partial charge is 0.573 e. The lowest BCUT2D eigenvalue weighted by molar-refractivity contribution is -0.274. The highest BCUT2D eigenvalue weighted by Crippen LogP contribution is 2.34. The molecule has 3 heterocycles. The maximum absolute atomic E-state index is 12.8. The molecule has 0 radical (unpaired) electrons. The number of aromatic nitrogens is 2. The zero-order chi connectivity index (χ0) is 21.1. The van der Waals surface area contributed by atoms with Crippen molar-refractivity contribution in [3.63, 3.8) is 0 Å². The van der Waals surface area contributed by atoms with Gasteiger partial charge in [-0.05, 0) is 36.8 Å². The minimum atomic E-state index is -4.81. The topological polar surface area (TPSA) is 75.5 Å². The normalized spacial score (nSPS) is 14.6. The number of halogens is 3. The molecule has 1 aromatic carbocycles. The number of hydrogen-bond acceptors (Lipinski definition) is 7. The van der Waals surface area contributed by atoms with E-state index < -0.39 is 6.36 Å². The fourth-order valence-electron chi connectivity index (χ4n) is 3.16. The predicted molar refractivity (Wildman–Crippen MR) is 106 cm³/mol. The molecule has 1 aliphatic heterocycles. The average molecular weight is 419 g/mol. The van der Waals surface area contributed by atoms with Gasteiger partial charge in [0.05, 0.1) is 6.20 Å². The number of piperazine rings is 1. The Bertz CT molecular complexity index is 1020. The van der Waals surface area contributed by atoms with Gasteiger partial charge < -0.3 is 24.7 Å². The van der Waals surface area contributed by atoms with E-state index >= 15 is 0 Å². The first kappa shape index (κ1) is 20.0. The predicted octanol–water partition coefficient (Wildman–Crippen LogP) is 4.10. The lowest BCUT2D eigenvalue weighted by Crippen LogP contribution is -2.43. The minimum absolute atomic E-state index is 0.344. The van der Waals surface area contributed by atoms with Gasteiger partial charge in [0.2, 0.25) is 0 Å².